The number of aliphatic carboxylic acids is 1. The van der Waals surface area contributed by atoms with Gasteiger partial charge in [0.15, 0.2) is 0 Å². The summed E-state index contributed by atoms with van der Waals surface area (Å²) >= 11 is 0. The molecule has 4 nitrogen and oxygen atoms in total. The molecule has 0 saturated heterocycles. The molecular weight excluding hydrogens is 256 g/mol. The number of hydrogen-bond acceptors (Lipinski definition) is 3. The fraction of sp³-hybridized carbons (Fsp3) is 0.875. The third kappa shape index (κ3) is 3.97. The van der Waals surface area contributed by atoms with Gasteiger partial charge in [0, 0.05) is 0 Å². The Morgan fingerprint density at radius 3 is 2.20 bits per heavy atom. The summed E-state index contributed by atoms with van der Waals surface area (Å²) in [6.45, 7) is 7.52. The molecule has 1 unspecified atom stereocenters. The molecule has 0 aromatic heterocycles. The van der Waals surface area contributed by atoms with Crippen LogP contribution >= 0.6 is 0 Å². The van der Waals surface area contributed by atoms with Gasteiger partial charge in [0.05, 0.1) is 11.3 Å². The van der Waals surface area contributed by atoms with Crippen LogP contribution in [-0.2, 0) is 14.3 Å². The van der Waals surface area contributed by atoms with E-state index in [2.05, 4.69) is 0 Å². The van der Waals surface area contributed by atoms with Gasteiger partial charge in [-0.15, -0.1) is 0 Å². The fourth-order valence-electron chi connectivity index (χ4n) is 3.12. The van der Waals surface area contributed by atoms with E-state index in [1.165, 1.54) is 0 Å². The Kier molecular flexibility index (Phi) is 5.60. The molecule has 1 N–H and O–H groups in total. The van der Waals surface area contributed by atoms with E-state index in [0.717, 1.165) is 25.7 Å². The van der Waals surface area contributed by atoms with Crippen LogP contribution in [0.4, 0.5) is 0 Å². The molecule has 1 atom stereocenters. The first-order valence-electron chi connectivity index (χ1n) is 7.69. The van der Waals surface area contributed by atoms with Crippen LogP contribution in [0.1, 0.15) is 72.6 Å². The van der Waals surface area contributed by atoms with Crippen molar-refractivity contribution in [2.24, 2.45) is 11.3 Å². The van der Waals surface area contributed by atoms with Crippen LogP contribution in [-0.4, -0.2) is 22.6 Å². The van der Waals surface area contributed by atoms with Crippen molar-refractivity contribution in [3.05, 3.63) is 0 Å². The van der Waals surface area contributed by atoms with Gasteiger partial charge < -0.3 is 9.84 Å². The van der Waals surface area contributed by atoms with Gasteiger partial charge in [0.25, 0.3) is 0 Å². The molecule has 0 radical (unpaired) electrons. The van der Waals surface area contributed by atoms with E-state index in [4.69, 9.17) is 4.74 Å². The van der Waals surface area contributed by atoms with Crippen LogP contribution < -0.4 is 0 Å². The molecule has 116 valence electrons. The Morgan fingerprint density at radius 2 is 1.80 bits per heavy atom. The number of carbonyl (C=O) groups is 2. The zero-order chi connectivity index (χ0) is 15.4. The summed E-state index contributed by atoms with van der Waals surface area (Å²) in [6, 6.07) is 0. The van der Waals surface area contributed by atoms with Crippen LogP contribution in [0.5, 0.6) is 0 Å². The third-order valence-corrected chi connectivity index (χ3v) is 4.13. The minimum atomic E-state index is -0.905. The van der Waals surface area contributed by atoms with Gasteiger partial charge in [-0.1, -0.05) is 32.6 Å². The first-order valence-corrected chi connectivity index (χ1v) is 7.69. The molecule has 0 aliphatic heterocycles. The van der Waals surface area contributed by atoms with Crippen molar-refractivity contribution in [1.29, 1.82) is 0 Å². The van der Waals surface area contributed by atoms with Crippen molar-refractivity contribution < 1.29 is 19.4 Å². The zero-order valence-electron chi connectivity index (χ0n) is 13.2. The first kappa shape index (κ1) is 17.0. The molecule has 0 aromatic rings. The van der Waals surface area contributed by atoms with Crippen LogP contribution in [0.3, 0.4) is 0 Å². The van der Waals surface area contributed by atoms with Crippen molar-refractivity contribution >= 4 is 11.9 Å². The lowest BCUT2D eigenvalue weighted by molar-refractivity contribution is -0.173. The summed E-state index contributed by atoms with van der Waals surface area (Å²) in [5.41, 5.74) is -1.47. The number of unbranched alkanes of at least 4 members (excludes halogenated alkanes) is 1. The highest BCUT2D eigenvalue weighted by Crippen LogP contribution is 2.47. The smallest absolute Gasteiger partial charge is 0.310 e. The summed E-state index contributed by atoms with van der Waals surface area (Å²) < 4.78 is 5.48. The summed E-state index contributed by atoms with van der Waals surface area (Å²) in [5.74, 6) is -1.68. The maximum atomic E-state index is 12.5. The van der Waals surface area contributed by atoms with Gasteiger partial charge in [0.1, 0.15) is 5.60 Å². The molecule has 0 spiro atoms. The standard InChI is InChI=1S/C16H28O4/c1-5-6-9-12(13(17)20-15(2,3)4)16(14(18)19)10-7-8-11-16/h12H,5-11H2,1-4H3,(H,18,19). The molecule has 0 amide bonds. The maximum Gasteiger partial charge on any atom is 0.310 e. The lowest BCUT2D eigenvalue weighted by Gasteiger charge is -2.34. The van der Waals surface area contributed by atoms with E-state index in [1.807, 2.05) is 27.7 Å². The fourth-order valence-corrected chi connectivity index (χ4v) is 3.12. The number of hydrogen-bond donors (Lipinski definition) is 1. The molecule has 0 heterocycles. The Bertz CT molecular complexity index is 348. The van der Waals surface area contributed by atoms with Gasteiger partial charge in [-0.05, 0) is 40.0 Å². The van der Waals surface area contributed by atoms with Crippen molar-refractivity contribution in [3.63, 3.8) is 0 Å². The maximum absolute atomic E-state index is 12.5. The normalized spacial score (nSPS) is 19.6. The van der Waals surface area contributed by atoms with Gasteiger partial charge >= 0.3 is 11.9 Å². The van der Waals surface area contributed by atoms with E-state index in [0.29, 0.717) is 19.3 Å². The van der Waals surface area contributed by atoms with E-state index in [-0.39, 0.29) is 5.97 Å². The lowest BCUT2D eigenvalue weighted by Crippen LogP contribution is -2.43. The summed E-state index contributed by atoms with van der Waals surface area (Å²) in [6.07, 6.45) is 5.38. The van der Waals surface area contributed by atoms with E-state index in [9.17, 15) is 14.7 Å². The van der Waals surface area contributed by atoms with Crippen molar-refractivity contribution in [2.45, 2.75) is 78.2 Å². The topological polar surface area (TPSA) is 63.6 Å². The van der Waals surface area contributed by atoms with Crippen LogP contribution in [0, 0.1) is 11.3 Å². The molecule has 0 aromatic carbocycles. The average Bonchev–Trinajstić information content (AvgIpc) is 2.77. The van der Waals surface area contributed by atoms with Gasteiger partial charge in [-0.25, -0.2) is 0 Å². The molecular formula is C16H28O4. The van der Waals surface area contributed by atoms with Gasteiger partial charge in [-0.2, -0.15) is 0 Å². The molecule has 1 saturated carbocycles. The van der Waals surface area contributed by atoms with Crippen molar-refractivity contribution in [1.82, 2.24) is 0 Å². The molecule has 1 rings (SSSR count). The highest BCUT2D eigenvalue weighted by atomic mass is 16.6. The molecule has 4 heteroatoms. The highest BCUT2D eigenvalue weighted by molar-refractivity contribution is 5.84. The average molecular weight is 284 g/mol. The first-order chi connectivity index (χ1) is 9.23. The minimum absolute atomic E-state index is 0.338. The molecule has 20 heavy (non-hydrogen) atoms. The lowest BCUT2D eigenvalue weighted by atomic mass is 9.71. The van der Waals surface area contributed by atoms with Gasteiger partial charge in [-0.3, -0.25) is 9.59 Å². The number of carboxylic acid groups (broad SMARTS) is 1. The summed E-state index contributed by atoms with van der Waals surface area (Å²) in [7, 11) is 0. The van der Waals surface area contributed by atoms with Crippen molar-refractivity contribution in [2.75, 3.05) is 0 Å². The van der Waals surface area contributed by atoms with E-state index in [1.54, 1.807) is 0 Å². The summed E-state index contributed by atoms with van der Waals surface area (Å²) in [5, 5.41) is 9.67. The van der Waals surface area contributed by atoms with Crippen molar-refractivity contribution in [3.8, 4) is 0 Å². The Labute approximate surface area is 121 Å². The second kappa shape index (κ2) is 6.59. The molecule has 0 bridgehead atoms. The SMILES string of the molecule is CCCCC(C(=O)OC(C)(C)C)C1(C(=O)O)CCCC1. The number of carbonyl (C=O) groups excluding carboxylic acids is 1. The highest BCUT2D eigenvalue weighted by Gasteiger charge is 2.51. The van der Waals surface area contributed by atoms with Gasteiger partial charge in [0.2, 0.25) is 0 Å². The number of esters is 1. The van der Waals surface area contributed by atoms with E-state index < -0.39 is 22.9 Å². The zero-order valence-corrected chi connectivity index (χ0v) is 13.2. The van der Waals surface area contributed by atoms with Crippen LogP contribution in [0.25, 0.3) is 0 Å². The number of rotatable bonds is 6. The summed E-state index contributed by atoms with van der Waals surface area (Å²) in [4.78, 5) is 24.3. The Morgan fingerprint density at radius 1 is 1.25 bits per heavy atom. The Balaban J connectivity index is 2.97. The minimum Gasteiger partial charge on any atom is -0.481 e. The predicted molar refractivity (Wildman–Crippen MR) is 77.4 cm³/mol. The predicted octanol–water partition coefficient (Wildman–Crippen LogP) is 3.78. The van der Waals surface area contributed by atoms with E-state index >= 15 is 0 Å². The second-order valence-corrected chi connectivity index (χ2v) is 6.90. The number of carboxylic acids is 1. The molecule has 1 fully saturated rings. The third-order valence-electron chi connectivity index (χ3n) is 4.13. The molecule has 1 aliphatic carbocycles. The second-order valence-electron chi connectivity index (χ2n) is 6.90. The molecule has 1 aliphatic rings. The van der Waals surface area contributed by atoms with Crippen LogP contribution in [0.2, 0.25) is 0 Å². The Hall–Kier alpha value is -1.06. The number of ether oxygens (including phenoxy) is 1. The largest absolute Gasteiger partial charge is 0.481 e. The monoisotopic (exact) mass is 284 g/mol. The quantitative estimate of drug-likeness (QED) is 0.754. The van der Waals surface area contributed by atoms with Crippen LogP contribution in [0.15, 0.2) is 0 Å².